The van der Waals surface area contributed by atoms with Crippen LogP contribution in [0.2, 0.25) is 0 Å². The molecule has 2 fully saturated rings. The Labute approximate surface area is 174 Å². The number of benzene rings is 1. The average molecular weight is 423 g/mol. The van der Waals surface area contributed by atoms with E-state index < -0.39 is 14.6 Å². The van der Waals surface area contributed by atoms with Crippen LogP contribution in [0.15, 0.2) is 29.3 Å². The summed E-state index contributed by atoms with van der Waals surface area (Å²) in [4.78, 5) is 6.73. The van der Waals surface area contributed by atoms with Gasteiger partial charge in [0, 0.05) is 57.9 Å². The Kier molecular flexibility index (Phi) is 7.05. The predicted molar refractivity (Wildman–Crippen MR) is 119 cm³/mol. The van der Waals surface area contributed by atoms with Crippen LogP contribution in [0, 0.1) is 6.92 Å². The summed E-state index contributed by atoms with van der Waals surface area (Å²) in [6, 6.07) is 8.90. The lowest BCUT2D eigenvalue weighted by Crippen LogP contribution is -2.56. The topological polar surface area (TPSA) is 83.0 Å². The molecule has 2 N–H and O–H groups in total. The molecule has 1 atom stereocenters. The second-order valence-corrected chi connectivity index (χ2v) is 10.7. The number of piperidine rings is 1. The minimum atomic E-state index is -3.21. The van der Waals surface area contributed by atoms with Crippen molar-refractivity contribution in [3.63, 3.8) is 0 Å². The Morgan fingerprint density at radius 1 is 1.28 bits per heavy atom. The summed E-state index contributed by atoms with van der Waals surface area (Å²) in [7, 11) is -1.48. The molecular weight excluding hydrogens is 388 g/mol. The minimum absolute atomic E-state index is 0.264. The van der Waals surface area contributed by atoms with Crippen LogP contribution in [0.5, 0.6) is 0 Å². The highest BCUT2D eigenvalue weighted by atomic mass is 32.2. The number of aliphatic imine (C=N–C) groups is 1. The summed E-state index contributed by atoms with van der Waals surface area (Å²) >= 11 is 0. The van der Waals surface area contributed by atoms with Gasteiger partial charge in [-0.25, -0.2) is 8.42 Å². The lowest BCUT2D eigenvalue weighted by Gasteiger charge is -2.37. The molecule has 0 aliphatic carbocycles. The van der Waals surface area contributed by atoms with Crippen molar-refractivity contribution in [3.05, 3.63) is 29.8 Å². The van der Waals surface area contributed by atoms with Gasteiger partial charge in [-0.1, -0.05) is 17.7 Å². The Hall–Kier alpha value is -1.80. The maximum Gasteiger partial charge on any atom is 0.191 e. The Morgan fingerprint density at radius 2 is 1.97 bits per heavy atom. The number of guanidine groups is 1. The summed E-state index contributed by atoms with van der Waals surface area (Å²) in [6.07, 6.45) is 4.53. The van der Waals surface area contributed by atoms with Crippen molar-refractivity contribution in [2.45, 2.75) is 43.4 Å². The van der Waals surface area contributed by atoms with Gasteiger partial charge in [-0.2, -0.15) is 0 Å². The van der Waals surface area contributed by atoms with Crippen LogP contribution >= 0.6 is 0 Å². The molecule has 162 valence electrons. The molecule has 8 heteroatoms. The van der Waals surface area contributed by atoms with E-state index in [9.17, 15) is 8.42 Å². The first-order valence-electron chi connectivity index (χ1n) is 10.4. The van der Waals surface area contributed by atoms with E-state index in [0.29, 0.717) is 38.6 Å². The molecule has 2 heterocycles. The first-order chi connectivity index (χ1) is 13.8. The van der Waals surface area contributed by atoms with Gasteiger partial charge in [0.25, 0.3) is 0 Å². The fourth-order valence-corrected chi connectivity index (χ4v) is 5.38. The summed E-state index contributed by atoms with van der Waals surface area (Å²) in [5.41, 5.74) is 2.50. The van der Waals surface area contributed by atoms with E-state index >= 15 is 0 Å². The summed E-state index contributed by atoms with van der Waals surface area (Å²) in [6.45, 7) is 5.36. The lowest BCUT2D eigenvalue weighted by atomic mass is 9.99. The SMILES string of the molecule is CN=C(NCC1(S(C)(=O)=O)CCOCC1)NC1CCCN(c2ccc(C)cc2)C1. The second-order valence-electron chi connectivity index (χ2n) is 8.26. The molecule has 0 bridgehead atoms. The maximum atomic E-state index is 12.5. The van der Waals surface area contributed by atoms with Crippen molar-refractivity contribution < 1.29 is 13.2 Å². The molecular formula is C21H34N4O3S. The molecule has 1 unspecified atom stereocenters. The lowest BCUT2D eigenvalue weighted by molar-refractivity contribution is 0.0756. The summed E-state index contributed by atoms with van der Waals surface area (Å²) in [5.74, 6) is 0.662. The molecule has 3 rings (SSSR count). The van der Waals surface area contributed by atoms with E-state index in [2.05, 4.69) is 51.7 Å². The van der Waals surface area contributed by atoms with Crippen molar-refractivity contribution in [2.75, 3.05) is 51.1 Å². The molecule has 7 nitrogen and oxygen atoms in total. The smallest absolute Gasteiger partial charge is 0.191 e. The van der Waals surface area contributed by atoms with Crippen LogP contribution < -0.4 is 15.5 Å². The van der Waals surface area contributed by atoms with Crippen molar-refractivity contribution in [1.29, 1.82) is 0 Å². The zero-order valence-corrected chi connectivity index (χ0v) is 18.6. The first kappa shape index (κ1) is 21.9. The third-order valence-electron chi connectivity index (χ3n) is 6.15. The fraction of sp³-hybridized carbons (Fsp3) is 0.667. The van der Waals surface area contributed by atoms with Crippen molar-refractivity contribution in [3.8, 4) is 0 Å². The van der Waals surface area contributed by atoms with Gasteiger partial charge < -0.3 is 20.3 Å². The molecule has 2 aliphatic heterocycles. The van der Waals surface area contributed by atoms with E-state index in [-0.39, 0.29) is 6.04 Å². The van der Waals surface area contributed by atoms with Gasteiger partial charge >= 0.3 is 0 Å². The third kappa shape index (κ3) is 5.42. The van der Waals surface area contributed by atoms with Gasteiger partial charge in [-0.15, -0.1) is 0 Å². The highest BCUT2D eigenvalue weighted by molar-refractivity contribution is 7.92. The normalized spacial score (nSPS) is 22.9. The van der Waals surface area contributed by atoms with Gasteiger partial charge in [-0.05, 0) is 44.7 Å². The van der Waals surface area contributed by atoms with E-state index in [4.69, 9.17) is 4.74 Å². The van der Waals surface area contributed by atoms with E-state index in [1.165, 1.54) is 17.5 Å². The summed E-state index contributed by atoms with van der Waals surface area (Å²) < 4.78 is 29.5. The van der Waals surface area contributed by atoms with Gasteiger partial charge in [0.05, 0.1) is 4.75 Å². The molecule has 1 aromatic carbocycles. The first-order valence-corrected chi connectivity index (χ1v) is 12.3. The van der Waals surface area contributed by atoms with Crippen molar-refractivity contribution in [2.24, 2.45) is 4.99 Å². The maximum absolute atomic E-state index is 12.5. The van der Waals surface area contributed by atoms with Crippen LogP contribution in [-0.4, -0.2) is 71.3 Å². The van der Waals surface area contributed by atoms with Crippen LogP contribution in [0.1, 0.15) is 31.2 Å². The van der Waals surface area contributed by atoms with Gasteiger partial charge in [0.2, 0.25) is 0 Å². The third-order valence-corrected chi connectivity index (χ3v) is 8.28. The minimum Gasteiger partial charge on any atom is -0.381 e. The molecule has 2 aliphatic rings. The molecule has 1 aromatic rings. The van der Waals surface area contributed by atoms with Crippen LogP contribution in [-0.2, 0) is 14.6 Å². The number of anilines is 1. The number of nitrogens with one attached hydrogen (secondary N) is 2. The zero-order chi connectivity index (χ0) is 20.9. The highest BCUT2D eigenvalue weighted by Crippen LogP contribution is 2.28. The second kappa shape index (κ2) is 9.34. The standard InChI is InChI=1S/C21H34N4O3S/c1-17-6-8-19(9-7-17)25-12-4-5-18(15-25)24-20(22-2)23-16-21(29(3,26)27)10-13-28-14-11-21/h6-9,18H,4-5,10-16H2,1-3H3,(H2,22,23,24). The van der Waals surface area contributed by atoms with Gasteiger partial charge in [-0.3, -0.25) is 4.99 Å². The van der Waals surface area contributed by atoms with E-state index in [1.54, 1.807) is 7.05 Å². The zero-order valence-electron chi connectivity index (χ0n) is 17.8. The number of nitrogens with zero attached hydrogens (tertiary/aromatic N) is 2. The molecule has 29 heavy (non-hydrogen) atoms. The number of ether oxygens (including phenoxy) is 1. The molecule has 0 aromatic heterocycles. The predicted octanol–water partition coefficient (Wildman–Crippen LogP) is 1.72. The number of aryl methyl sites for hydroxylation is 1. The molecule has 2 saturated heterocycles. The number of sulfone groups is 1. The van der Waals surface area contributed by atoms with Crippen molar-refractivity contribution in [1.82, 2.24) is 10.6 Å². The number of rotatable bonds is 5. The fourth-order valence-electron chi connectivity index (χ4n) is 4.14. The highest BCUT2D eigenvalue weighted by Gasteiger charge is 2.42. The Bertz CT molecular complexity index is 802. The Balaban J connectivity index is 1.60. The van der Waals surface area contributed by atoms with Crippen LogP contribution in [0.4, 0.5) is 5.69 Å². The molecule has 0 amide bonds. The summed E-state index contributed by atoms with van der Waals surface area (Å²) in [5, 5.41) is 6.78. The van der Waals surface area contributed by atoms with Gasteiger partial charge in [0.1, 0.15) is 0 Å². The Morgan fingerprint density at radius 3 is 2.59 bits per heavy atom. The van der Waals surface area contributed by atoms with Crippen LogP contribution in [0.3, 0.4) is 0 Å². The van der Waals surface area contributed by atoms with E-state index in [1.807, 2.05) is 0 Å². The average Bonchev–Trinajstić information content (AvgIpc) is 2.72. The van der Waals surface area contributed by atoms with Crippen molar-refractivity contribution >= 4 is 21.5 Å². The van der Waals surface area contributed by atoms with Crippen LogP contribution in [0.25, 0.3) is 0 Å². The number of hydrogen-bond donors (Lipinski definition) is 2. The largest absolute Gasteiger partial charge is 0.381 e. The van der Waals surface area contributed by atoms with E-state index in [0.717, 1.165) is 25.9 Å². The molecule has 0 radical (unpaired) electrons. The van der Waals surface area contributed by atoms with Gasteiger partial charge in [0.15, 0.2) is 15.8 Å². The molecule has 0 spiro atoms. The molecule has 0 saturated carbocycles. The number of hydrogen-bond acceptors (Lipinski definition) is 5. The quantitative estimate of drug-likeness (QED) is 0.555. The monoisotopic (exact) mass is 422 g/mol.